The average molecular weight is 314 g/mol. The SMILES string of the molecule is OC1CCC(NC[C@H](O)COCc2ccc(Cl)cc2)CC1. The molecule has 1 saturated carbocycles. The lowest BCUT2D eigenvalue weighted by Gasteiger charge is -2.27. The highest BCUT2D eigenvalue weighted by atomic mass is 35.5. The topological polar surface area (TPSA) is 61.7 Å². The highest BCUT2D eigenvalue weighted by molar-refractivity contribution is 6.30. The van der Waals surface area contributed by atoms with Gasteiger partial charge in [-0.3, -0.25) is 0 Å². The third kappa shape index (κ3) is 6.32. The van der Waals surface area contributed by atoms with E-state index in [1.54, 1.807) is 0 Å². The third-order valence-electron chi connectivity index (χ3n) is 3.83. The Morgan fingerprint density at radius 3 is 2.52 bits per heavy atom. The summed E-state index contributed by atoms with van der Waals surface area (Å²) in [6.45, 7) is 1.32. The van der Waals surface area contributed by atoms with Crippen LogP contribution in [-0.4, -0.2) is 41.6 Å². The molecular formula is C16H24ClNO3. The number of aliphatic hydroxyl groups excluding tert-OH is 2. The molecule has 2 rings (SSSR count). The summed E-state index contributed by atoms with van der Waals surface area (Å²) in [4.78, 5) is 0. The van der Waals surface area contributed by atoms with E-state index in [0.717, 1.165) is 31.2 Å². The fraction of sp³-hybridized carbons (Fsp3) is 0.625. The smallest absolute Gasteiger partial charge is 0.0897 e. The van der Waals surface area contributed by atoms with Crippen molar-refractivity contribution in [1.29, 1.82) is 0 Å². The Kier molecular flexibility index (Phi) is 6.93. The van der Waals surface area contributed by atoms with Gasteiger partial charge in [-0.2, -0.15) is 0 Å². The van der Waals surface area contributed by atoms with Crippen LogP contribution in [0.15, 0.2) is 24.3 Å². The second-order valence-electron chi connectivity index (χ2n) is 5.71. The average Bonchev–Trinajstić information content (AvgIpc) is 2.49. The molecule has 3 N–H and O–H groups in total. The fourth-order valence-electron chi connectivity index (χ4n) is 2.54. The first-order valence-corrected chi connectivity index (χ1v) is 7.93. The number of aliphatic hydroxyl groups is 2. The van der Waals surface area contributed by atoms with Gasteiger partial charge in [0.15, 0.2) is 0 Å². The number of hydrogen-bond donors (Lipinski definition) is 3. The molecule has 1 fully saturated rings. The Bertz CT molecular complexity index is 404. The Labute approximate surface area is 131 Å². The van der Waals surface area contributed by atoms with Crippen LogP contribution in [0.1, 0.15) is 31.2 Å². The zero-order chi connectivity index (χ0) is 15.1. The van der Waals surface area contributed by atoms with E-state index in [1.165, 1.54) is 0 Å². The molecule has 118 valence electrons. The summed E-state index contributed by atoms with van der Waals surface area (Å²) >= 11 is 5.82. The van der Waals surface area contributed by atoms with Crippen LogP contribution in [0.4, 0.5) is 0 Å². The van der Waals surface area contributed by atoms with Gasteiger partial charge in [-0.15, -0.1) is 0 Å². The lowest BCUT2D eigenvalue weighted by molar-refractivity contribution is 0.0258. The molecule has 0 aliphatic heterocycles. The van der Waals surface area contributed by atoms with Crippen molar-refractivity contribution in [3.8, 4) is 0 Å². The number of benzene rings is 1. The lowest BCUT2D eigenvalue weighted by Crippen LogP contribution is -2.40. The highest BCUT2D eigenvalue weighted by Gasteiger charge is 2.19. The predicted octanol–water partition coefficient (Wildman–Crippen LogP) is 2.11. The Morgan fingerprint density at radius 2 is 1.86 bits per heavy atom. The molecule has 21 heavy (non-hydrogen) atoms. The predicted molar refractivity (Wildman–Crippen MR) is 83.4 cm³/mol. The van der Waals surface area contributed by atoms with Crippen LogP contribution in [0.3, 0.4) is 0 Å². The van der Waals surface area contributed by atoms with Gasteiger partial charge in [0.25, 0.3) is 0 Å². The molecule has 1 atom stereocenters. The maximum absolute atomic E-state index is 9.90. The van der Waals surface area contributed by atoms with Crippen molar-refractivity contribution in [2.45, 2.75) is 50.5 Å². The summed E-state index contributed by atoms with van der Waals surface area (Å²) < 4.78 is 5.51. The van der Waals surface area contributed by atoms with Crippen molar-refractivity contribution in [2.75, 3.05) is 13.2 Å². The van der Waals surface area contributed by atoms with E-state index in [2.05, 4.69) is 5.32 Å². The van der Waals surface area contributed by atoms with Gasteiger partial charge in [-0.1, -0.05) is 23.7 Å². The molecule has 0 saturated heterocycles. The molecular weight excluding hydrogens is 290 g/mol. The lowest BCUT2D eigenvalue weighted by atomic mass is 9.93. The number of rotatable bonds is 7. The number of ether oxygens (including phenoxy) is 1. The van der Waals surface area contributed by atoms with E-state index >= 15 is 0 Å². The van der Waals surface area contributed by atoms with Crippen LogP contribution in [0.2, 0.25) is 5.02 Å². The fourth-order valence-corrected chi connectivity index (χ4v) is 2.66. The van der Waals surface area contributed by atoms with E-state index in [4.69, 9.17) is 16.3 Å². The van der Waals surface area contributed by atoms with Gasteiger partial charge in [0.1, 0.15) is 0 Å². The molecule has 0 radical (unpaired) electrons. The summed E-state index contributed by atoms with van der Waals surface area (Å²) in [7, 11) is 0. The molecule has 4 nitrogen and oxygen atoms in total. The molecule has 1 aromatic rings. The molecule has 0 aromatic heterocycles. The maximum atomic E-state index is 9.90. The first-order chi connectivity index (χ1) is 10.1. The van der Waals surface area contributed by atoms with Gasteiger partial charge in [0.05, 0.1) is 25.4 Å². The van der Waals surface area contributed by atoms with E-state index in [0.29, 0.717) is 30.8 Å². The van der Waals surface area contributed by atoms with E-state index in [9.17, 15) is 10.2 Å². The van der Waals surface area contributed by atoms with Gasteiger partial charge in [0, 0.05) is 17.6 Å². The minimum absolute atomic E-state index is 0.143. The standard InChI is InChI=1S/C16H24ClNO3/c17-13-3-1-12(2-4-13)10-21-11-16(20)9-18-14-5-7-15(19)8-6-14/h1-4,14-16,18-20H,5-11H2/t14?,15?,16-/m0/s1. The van der Waals surface area contributed by atoms with Crippen LogP contribution in [-0.2, 0) is 11.3 Å². The molecule has 0 amide bonds. The minimum atomic E-state index is -0.510. The van der Waals surface area contributed by atoms with E-state index < -0.39 is 6.10 Å². The molecule has 1 aliphatic rings. The van der Waals surface area contributed by atoms with Gasteiger partial charge in [-0.25, -0.2) is 0 Å². The molecule has 1 aliphatic carbocycles. The van der Waals surface area contributed by atoms with Crippen LogP contribution in [0, 0.1) is 0 Å². The zero-order valence-electron chi connectivity index (χ0n) is 12.2. The summed E-state index contributed by atoms with van der Waals surface area (Å²) in [6, 6.07) is 7.89. The minimum Gasteiger partial charge on any atom is -0.393 e. The normalized spacial score (nSPS) is 24.0. The highest BCUT2D eigenvalue weighted by Crippen LogP contribution is 2.18. The number of nitrogens with one attached hydrogen (secondary N) is 1. The van der Waals surface area contributed by atoms with Crippen molar-refractivity contribution >= 4 is 11.6 Å². The molecule has 1 aromatic carbocycles. The Morgan fingerprint density at radius 1 is 1.19 bits per heavy atom. The van der Waals surface area contributed by atoms with Gasteiger partial charge in [0.2, 0.25) is 0 Å². The Balaban J connectivity index is 1.57. The van der Waals surface area contributed by atoms with Crippen molar-refractivity contribution in [1.82, 2.24) is 5.32 Å². The van der Waals surface area contributed by atoms with Crippen molar-refractivity contribution in [3.05, 3.63) is 34.9 Å². The van der Waals surface area contributed by atoms with Crippen LogP contribution >= 0.6 is 11.6 Å². The van der Waals surface area contributed by atoms with Crippen molar-refractivity contribution in [2.24, 2.45) is 0 Å². The first kappa shape index (κ1) is 16.7. The Hall–Kier alpha value is -0.650. The molecule has 5 heteroatoms. The van der Waals surface area contributed by atoms with Crippen molar-refractivity contribution in [3.63, 3.8) is 0 Å². The molecule has 0 bridgehead atoms. The maximum Gasteiger partial charge on any atom is 0.0897 e. The summed E-state index contributed by atoms with van der Waals surface area (Å²) in [6.07, 6.45) is 2.99. The molecule has 0 spiro atoms. The summed E-state index contributed by atoms with van der Waals surface area (Å²) in [5.74, 6) is 0. The number of halogens is 1. The van der Waals surface area contributed by atoms with Crippen LogP contribution < -0.4 is 5.32 Å². The largest absolute Gasteiger partial charge is 0.393 e. The quantitative estimate of drug-likeness (QED) is 0.721. The van der Waals surface area contributed by atoms with Gasteiger partial charge >= 0.3 is 0 Å². The second kappa shape index (κ2) is 8.71. The van der Waals surface area contributed by atoms with Gasteiger partial charge in [-0.05, 0) is 43.4 Å². The van der Waals surface area contributed by atoms with Gasteiger partial charge < -0.3 is 20.3 Å². The monoisotopic (exact) mass is 313 g/mol. The van der Waals surface area contributed by atoms with Crippen LogP contribution in [0.5, 0.6) is 0 Å². The van der Waals surface area contributed by atoms with Crippen molar-refractivity contribution < 1.29 is 14.9 Å². The summed E-state index contributed by atoms with van der Waals surface area (Å²) in [5, 5.41) is 23.4. The molecule has 0 unspecified atom stereocenters. The second-order valence-corrected chi connectivity index (χ2v) is 6.15. The van der Waals surface area contributed by atoms with E-state index in [-0.39, 0.29) is 6.10 Å². The third-order valence-corrected chi connectivity index (χ3v) is 4.08. The molecule has 0 heterocycles. The van der Waals surface area contributed by atoms with E-state index in [1.807, 2.05) is 24.3 Å². The van der Waals surface area contributed by atoms with Crippen LogP contribution in [0.25, 0.3) is 0 Å². The first-order valence-electron chi connectivity index (χ1n) is 7.55. The zero-order valence-corrected chi connectivity index (χ0v) is 12.9. The summed E-state index contributed by atoms with van der Waals surface area (Å²) in [5.41, 5.74) is 1.04. The number of hydrogen-bond acceptors (Lipinski definition) is 4.